The van der Waals surface area contributed by atoms with E-state index in [4.69, 9.17) is 4.99 Å². The maximum atomic E-state index is 4.87. The number of nitrogens with one attached hydrogen (secondary N) is 2. The summed E-state index contributed by atoms with van der Waals surface area (Å²) in [5, 5.41) is 6.96. The monoisotopic (exact) mass is 309 g/mol. The zero-order chi connectivity index (χ0) is 16.0. The molecule has 0 aromatic heterocycles. The predicted octanol–water partition coefficient (Wildman–Crippen LogP) is 1.37. The molecule has 2 N–H and O–H groups in total. The Morgan fingerprint density at radius 3 is 2.55 bits per heavy atom. The molecular formula is C17H35N5. The molecule has 5 heteroatoms. The van der Waals surface area contributed by atoms with Crippen LogP contribution in [0, 0.1) is 5.41 Å². The summed E-state index contributed by atoms with van der Waals surface area (Å²) in [7, 11) is 4.44. The largest absolute Gasteiger partial charge is 0.357 e. The van der Waals surface area contributed by atoms with Gasteiger partial charge in [-0.15, -0.1) is 0 Å². The van der Waals surface area contributed by atoms with Gasteiger partial charge in [-0.2, -0.15) is 0 Å². The molecule has 0 spiro atoms. The van der Waals surface area contributed by atoms with Gasteiger partial charge < -0.3 is 15.5 Å². The van der Waals surface area contributed by atoms with Crippen LogP contribution >= 0.6 is 0 Å². The zero-order valence-corrected chi connectivity index (χ0v) is 15.0. The van der Waals surface area contributed by atoms with E-state index in [0.717, 1.165) is 38.7 Å². The van der Waals surface area contributed by atoms with E-state index in [0.29, 0.717) is 11.5 Å². The van der Waals surface area contributed by atoms with Gasteiger partial charge in [0.2, 0.25) is 0 Å². The van der Waals surface area contributed by atoms with E-state index >= 15 is 0 Å². The van der Waals surface area contributed by atoms with Crippen molar-refractivity contribution < 1.29 is 0 Å². The normalized spacial score (nSPS) is 26.5. The molecule has 1 atom stereocenters. The third-order valence-corrected chi connectivity index (χ3v) is 5.57. The van der Waals surface area contributed by atoms with Crippen LogP contribution < -0.4 is 10.6 Å². The Bertz CT molecular complexity index is 359. The lowest BCUT2D eigenvalue weighted by atomic mass is 9.67. The Morgan fingerprint density at radius 2 is 1.95 bits per heavy atom. The van der Waals surface area contributed by atoms with Crippen LogP contribution in [0.5, 0.6) is 0 Å². The molecular weight excluding hydrogens is 274 g/mol. The summed E-state index contributed by atoms with van der Waals surface area (Å²) in [5.74, 6) is 0.990. The lowest BCUT2D eigenvalue weighted by Crippen LogP contribution is -2.55. The molecule has 1 aliphatic carbocycles. The van der Waals surface area contributed by atoms with E-state index < -0.39 is 0 Å². The number of rotatable bonds is 6. The van der Waals surface area contributed by atoms with Gasteiger partial charge >= 0.3 is 0 Å². The number of nitrogens with zero attached hydrogens (tertiary/aromatic N) is 3. The highest BCUT2D eigenvalue weighted by Crippen LogP contribution is 2.43. The number of aliphatic imine (C=N–C) groups is 1. The topological polar surface area (TPSA) is 42.9 Å². The van der Waals surface area contributed by atoms with Crippen LogP contribution in [0.1, 0.15) is 39.5 Å². The SMILES string of the molecule is CCNC(=NCC1(CC)CCC1)NCC1CN(C)CCN1C. The van der Waals surface area contributed by atoms with Gasteiger partial charge in [-0.1, -0.05) is 13.3 Å². The van der Waals surface area contributed by atoms with E-state index in [1.165, 1.54) is 32.2 Å². The fourth-order valence-corrected chi connectivity index (χ4v) is 3.43. The third kappa shape index (κ3) is 4.59. The van der Waals surface area contributed by atoms with Gasteiger partial charge in [0, 0.05) is 45.3 Å². The summed E-state index contributed by atoms with van der Waals surface area (Å²) in [6.07, 6.45) is 5.34. The van der Waals surface area contributed by atoms with Crippen LogP contribution in [0.3, 0.4) is 0 Å². The molecule has 1 saturated carbocycles. The molecule has 1 unspecified atom stereocenters. The maximum absolute atomic E-state index is 4.87. The van der Waals surface area contributed by atoms with Crippen molar-refractivity contribution >= 4 is 5.96 Å². The molecule has 0 aromatic rings. The maximum Gasteiger partial charge on any atom is 0.191 e. The summed E-state index contributed by atoms with van der Waals surface area (Å²) >= 11 is 0. The average Bonchev–Trinajstić information content (AvgIpc) is 2.47. The van der Waals surface area contributed by atoms with Gasteiger partial charge in [0.05, 0.1) is 0 Å². The molecule has 5 nitrogen and oxygen atoms in total. The predicted molar refractivity (Wildman–Crippen MR) is 94.5 cm³/mol. The molecule has 128 valence electrons. The van der Waals surface area contributed by atoms with E-state index in [1.54, 1.807) is 0 Å². The molecule has 2 rings (SSSR count). The van der Waals surface area contributed by atoms with Crippen molar-refractivity contribution in [3.8, 4) is 0 Å². The van der Waals surface area contributed by atoms with E-state index in [1.807, 2.05) is 0 Å². The first-order valence-electron chi connectivity index (χ1n) is 8.99. The van der Waals surface area contributed by atoms with Crippen LogP contribution in [-0.2, 0) is 0 Å². The molecule has 1 aliphatic heterocycles. The number of piperazine rings is 1. The highest BCUT2D eigenvalue weighted by atomic mass is 15.3. The molecule has 0 aromatic carbocycles. The third-order valence-electron chi connectivity index (χ3n) is 5.57. The van der Waals surface area contributed by atoms with Crippen LogP contribution in [-0.4, -0.2) is 75.2 Å². The zero-order valence-electron chi connectivity index (χ0n) is 15.0. The molecule has 1 heterocycles. The van der Waals surface area contributed by atoms with E-state index in [2.05, 4.69) is 48.4 Å². The average molecular weight is 310 g/mol. The molecule has 2 fully saturated rings. The van der Waals surface area contributed by atoms with Gasteiger partial charge in [-0.3, -0.25) is 9.89 Å². The Kier molecular flexibility index (Phi) is 6.50. The van der Waals surface area contributed by atoms with Gasteiger partial charge in [0.15, 0.2) is 5.96 Å². The lowest BCUT2D eigenvalue weighted by molar-refractivity contribution is 0.116. The van der Waals surface area contributed by atoms with Crippen molar-refractivity contribution in [3.63, 3.8) is 0 Å². The van der Waals surface area contributed by atoms with Crippen LogP contribution in [0.25, 0.3) is 0 Å². The highest BCUT2D eigenvalue weighted by molar-refractivity contribution is 5.79. The fourth-order valence-electron chi connectivity index (χ4n) is 3.43. The Balaban J connectivity index is 1.85. The fraction of sp³-hybridized carbons (Fsp3) is 0.941. The second kappa shape index (κ2) is 8.16. The molecule has 1 saturated heterocycles. The minimum Gasteiger partial charge on any atom is -0.357 e. The van der Waals surface area contributed by atoms with Gasteiger partial charge in [-0.05, 0) is 45.7 Å². The molecule has 0 amide bonds. The number of hydrogen-bond acceptors (Lipinski definition) is 3. The second-order valence-corrected chi connectivity index (χ2v) is 7.18. The first-order chi connectivity index (χ1) is 10.6. The Labute approximate surface area is 136 Å². The van der Waals surface area contributed by atoms with Crippen molar-refractivity contribution in [2.75, 3.05) is 53.4 Å². The second-order valence-electron chi connectivity index (χ2n) is 7.18. The van der Waals surface area contributed by atoms with Crippen LogP contribution in [0.2, 0.25) is 0 Å². The van der Waals surface area contributed by atoms with Crippen molar-refractivity contribution in [1.82, 2.24) is 20.4 Å². The summed E-state index contributed by atoms with van der Waals surface area (Å²) in [5.41, 5.74) is 0.490. The highest BCUT2D eigenvalue weighted by Gasteiger charge is 2.34. The van der Waals surface area contributed by atoms with Gasteiger partial charge in [0.1, 0.15) is 0 Å². The summed E-state index contributed by atoms with van der Waals surface area (Å²) in [4.78, 5) is 9.74. The Hall–Kier alpha value is -0.810. The molecule has 2 aliphatic rings. The van der Waals surface area contributed by atoms with E-state index in [9.17, 15) is 0 Å². The smallest absolute Gasteiger partial charge is 0.191 e. The van der Waals surface area contributed by atoms with Gasteiger partial charge in [-0.25, -0.2) is 0 Å². The number of guanidine groups is 1. The summed E-state index contributed by atoms with van der Waals surface area (Å²) < 4.78 is 0. The summed E-state index contributed by atoms with van der Waals surface area (Å²) in [6.45, 7) is 10.7. The van der Waals surface area contributed by atoms with Crippen LogP contribution in [0.4, 0.5) is 0 Å². The Morgan fingerprint density at radius 1 is 1.18 bits per heavy atom. The standard InChI is InChI=1S/C17H35N5/c1-5-17(8-7-9-17)14-20-16(18-6-2)19-12-15-13-21(3)10-11-22(15)4/h15H,5-14H2,1-4H3,(H2,18,19,20). The first kappa shape index (κ1) is 17.5. The number of hydrogen-bond donors (Lipinski definition) is 2. The van der Waals surface area contributed by atoms with Crippen LogP contribution in [0.15, 0.2) is 4.99 Å². The van der Waals surface area contributed by atoms with Crippen molar-refractivity contribution in [2.45, 2.75) is 45.6 Å². The van der Waals surface area contributed by atoms with Crippen molar-refractivity contribution in [1.29, 1.82) is 0 Å². The molecule has 22 heavy (non-hydrogen) atoms. The first-order valence-corrected chi connectivity index (χ1v) is 8.99. The number of likely N-dealkylation sites (N-methyl/N-ethyl adjacent to an activating group) is 2. The van der Waals surface area contributed by atoms with Crippen molar-refractivity contribution in [2.24, 2.45) is 10.4 Å². The van der Waals surface area contributed by atoms with Crippen molar-refractivity contribution in [3.05, 3.63) is 0 Å². The molecule has 0 bridgehead atoms. The minimum absolute atomic E-state index is 0.490. The summed E-state index contributed by atoms with van der Waals surface area (Å²) in [6, 6.07) is 0.562. The quantitative estimate of drug-likeness (QED) is 0.574. The lowest BCUT2D eigenvalue weighted by Gasteiger charge is -2.40. The molecule has 0 radical (unpaired) electrons. The van der Waals surface area contributed by atoms with Gasteiger partial charge in [0.25, 0.3) is 0 Å². The minimum atomic E-state index is 0.490. The van der Waals surface area contributed by atoms with E-state index in [-0.39, 0.29) is 0 Å².